The summed E-state index contributed by atoms with van der Waals surface area (Å²) in [6.45, 7) is 1.70. The van der Waals surface area contributed by atoms with Gasteiger partial charge in [0.15, 0.2) is 5.96 Å². The molecule has 136 valence electrons. The van der Waals surface area contributed by atoms with Crippen LogP contribution in [0.2, 0.25) is 0 Å². The van der Waals surface area contributed by atoms with E-state index in [-0.39, 0.29) is 17.8 Å². The monoisotopic (exact) mass is 349 g/mol. The summed E-state index contributed by atoms with van der Waals surface area (Å²) in [6, 6.07) is 6.69. The highest BCUT2D eigenvalue weighted by Crippen LogP contribution is 2.13. The number of nitro groups is 1. The summed E-state index contributed by atoms with van der Waals surface area (Å²) in [7, 11) is 3.05. The third-order valence-corrected chi connectivity index (χ3v) is 4.07. The van der Waals surface area contributed by atoms with E-state index in [1.54, 1.807) is 18.0 Å². The molecule has 0 saturated carbocycles. The Hall–Kier alpha value is -2.84. The Morgan fingerprint density at radius 3 is 2.76 bits per heavy atom. The van der Waals surface area contributed by atoms with Crippen LogP contribution in [0.3, 0.4) is 0 Å². The van der Waals surface area contributed by atoms with Crippen molar-refractivity contribution in [3.8, 4) is 0 Å². The van der Waals surface area contributed by atoms with Crippen LogP contribution in [0.5, 0.6) is 0 Å². The molecule has 0 unspecified atom stereocenters. The summed E-state index contributed by atoms with van der Waals surface area (Å²) >= 11 is 0. The van der Waals surface area contributed by atoms with Crippen molar-refractivity contribution < 1.29 is 14.5 Å². The molecule has 9 nitrogen and oxygen atoms in total. The minimum absolute atomic E-state index is 0.0671. The van der Waals surface area contributed by atoms with Gasteiger partial charge < -0.3 is 20.3 Å². The second-order valence-electron chi connectivity index (χ2n) is 5.73. The van der Waals surface area contributed by atoms with Crippen LogP contribution in [0.15, 0.2) is 29.3 Å². The number of non-ortho nitro benzene ring substituents is 1. The van der Waals surface area contributed by atoms with E-state index < -0.39 is 4.92 Å². The lowest BCUT2D eigenvalue weighted by Crippen LogP contribution is -2.49. The molecular formula is C16H23N5O4. The Bertz CT molecular complexity index is 641. The summed E-state index contributed by atoms with van der Waals surface area (Å²) < 4.78 is 4.72. The average molecular weight is 349 g/mol. The zero-order chi connectivity index (χ0) is 18.2. The van der Waals surface area contributed by atoms with Crippen molar-refractivity contribution in [2.24, 2.45) is 4.99 Å². The fraction of sp³-hybridized carbons (Fsp3) is 0.500. The number of amides is 1. The standard InChI is InChI=1S/C16H23N5O4/c1-17-15(18-11-12-4-3-5-14(10-12)21(23)24)19-13-6-8-20(9-7-13)16(22)25-2/h3-5,10,13H,6-9,11H2,1-2H3,(H2,17,18,19). The van der Waals surface area contributed by atoms with Gasteiger partial charge in [0.1, 0.15) is 0 Å². The number of ether oxygens (including phenoxy) is 1. The van der Waals surface area contributed by atoms with Crippen LogP contribution in [0, 0.1) is 10.1 Å². The molecule has 1 aromatic carbocycles. The van der Waals surface area contributed by atoms with Gasteiger partial charge in [-0.15, -0.1) is 0 Å². The SMILES string of the molecule is CN=C(NCc1cccc([N+](=O)[O-])c1)NC1CCN(C(=O)OC)CC1. The molecule has 2 N–H and O–H groups in total. The Labute approximate surface area is 146 Å². The van der Waals surface area contributed by atoms with Gasteiger partial charge in [0.25, 0.3) is 5.69 Å². The first-order chi connectivity index (χ1) is 12.0. The third kappa shape index (κ3) is 5.33. The van der Waals surface area contributed by atoms with Crippen molar-refractivity contribution in [1.29, 1.82) is 0 Å². The number of guanidine groups is 1. The fourth-order valence-electron chi connectivity index (χ4n) is 2.69. The van der Waals surface area contributed by atoms with Crippen LogP contribution in [-0.2, 0) is 11.3 Å². The highest BCUT2D eigenvalue weighted by molar-refractivity contribution is 5.80. The fourth-order valence-corrected chi connectivity index (χ4v) is 2.69. The lowest BCUT2D eigenvalue weighted by molar-refractivity contribution is -0.384. The molecule has 1 amide bonds. The topological polar surface area (TPSA) is 109 Å². The van der Waals surface area contributed by atoms with Gasteiger partial charge in [0.2, 0.25) is 0 Å². The molecule has 25 heavy (non-hydrogen) atoms. The molecule has 0 radical (unpaired) electrons. The first-order valence-electron chi connectivity index (χ1n) is 8.07. The highest BCUT2D eigenvalue weighted by atomic mass is 16.6. The number of methoxy groups -OCH3 is 1. The predicted octanol–water partition coefficient (Wildman–Crippen LogP) is 1.49. The van der Waals surface area contributed by atoms with Crippen LogP contribution in [0.1, 0.15) is 18.4 Å². The summed E-state index contributed by atoms with van der Waals surface area (Å²) in [5.74, 6) is 0.628. The van der Waals surface area contributed by atoms with Gasteiger partial charge in [-0.3, -0.25) is 15.1 Å². The maximum atomic E-state index is 11.5. The van der Waals surface area contributed by atoms with Crippen molar-refractivity contribution in [3.63, 3.8) is 0 Å². The van der Waals surface area contributed by atoms with Crippen molar-refractivity contribution in [2.75, 3.05) is 27.2 Å². The number of carbonyl (C=O) groups is 1. The van der Waals surface area contributed by atoms with Crippen LogP contribution in [0.4, 0.5) is 10.5 Å². The molecule has 0 aliphatic carbocycles. The molecule has 0 spiro atoms. The van der Waals surface area contributed by atoms with Crippen LogP contribution >= 0.6 is 0 Å². The van der Waals surface area contributed by atoms with E-state index in [9.17, 15) is 14.9 Å². The predicted molar refractivity (Wildman–Crippen MR) is 93.4 cm³/mol. The Morgan fingerprint density at radius 1 is 1.44 bits per heavy atom. The molecule has 0 aromatic heterocycles. The summed E-state index contributed by atoms with van der Waals surface area (Å²) in [4.78, 5) is 27.8. The number of nitrogens with zero attached hydrogens (tertiary/aromatic N) is 3. The number of hydrogen-bond donors (Lipinski definition) is 2. The van der Waals surface area contributed by atoms with Gasteiger partial charge in [-0.25, -0.2) is 4.79 Å². The van der Waals surface area contributed by atoms with Gasteiger partial charge in [-0.2, -0.15) is 0 Å². The number of carbonyl (C=O) groups excluding carboxylic acids is 1. The third-order valence-electron chi connectivity index (χ3n) is 4.07. The van der Waals surface area contributed by atoms with Crippen molar-refractivity contribution in [1.82, 2.24) is 15.5 Å². The lowest BCUT2D eigenvalue weighted by Gasteiger charge is -2.32. The van der Waals surface area contributed by atoms with E-state index in [0.717, 1.165) is 18.4 Å². The summed E-state index contributed by atoms with van der Waals surface area (Å²) in [5.41, 5.74) is 0.870. The quantitative estimate of drug-likeness (QED) is 0.369. The van der Waals surface area contributed by atoms with E-state index in [2.05, 4.69) is 15.6 Å². The molecule has 1 heterocycles. The number of rotatable bonds is 4. The largest absolute Gasteiger partial charge is 0.453 e. The van der Waals surface area contributed by atoms with Gasteiger partial charge in [-0.05, 0) is 18.4 Å². The number of likely N-dealkylation sites (tertiary alicyclic amines) is 1. The number of piperidine rings is 1. The van der Waals surface area contributed by atoms with Gasteiger partial charge in [0, 0.05) is 44.9 Å². The van der Waals surface area contributed by atoms with E-state index in [1.807, 2.05) is 6.07 Å². The van der Waals surface area contributed by atoms with E-state index in [1.165, 1.54) is 19.2 Å². The van der Waals surface area contributed by atoms with Gasteiger partial charge >= 0.3 is 6.09 Å². The molecule has 0 bridgehead atoms. The van der Waals surface area contributed by atoms with Gasteiger partial charge in [-0.1, -0.05) is 12.1 Å². The van der Waals surface area contributed by atoms with Crippen molar-refractivity contribution >= 4 is 17.7 Å². The van der Waals surface area contributed by atoms with Gasteiger partial charge in [0.05, 0.1) is 12.0 Å². The maximum Gasteiger partial charge on any atom is 0.409 e. The minimum Gasteiger partial charge on any atom is -0.453 e. The number of nitro benzene ring substituents is 1. The first kappa shape index (κ1) is 18.5. The number of benzene rings is 1. The average Bonchev–Trinajstić information content (AvgIpc) is 2.65. The van der Waals surface area contributed by atoms with E-state index >= 15 is 0 Å². The Balaban J connectivity index is 1.83. The van der Waals surface area contributed by atoms with Crippen LogP contribution in [0.25, 0.3) is 0 Å². The molecule has 1 fully saturated rings. The smallest absolute Gasteiger partial charge is 0.409 e. The Kier molecular flexibility index (Phi) is 6.55. The number of hydrogen-bond acceptors (Lipinski definition) is 5. The molecule has 2 rings (SSSR count). The van der Waals surface area contributed by atoms with Crippen LogP contribution in [-0.4, -0.2) is 55.2 Å². The molecule has 1 aliphatic rings. The van der Waals surface area contributed by atoms with E-state index in [0.29, 0.717) is 25.6 Å². The van der Waals surface area contributed by atoms with E-state index in [4.69, 9.17) is 4.74 Å². The highest BCUT2D eigenvalue weighted by Gasteiger charge is 2.23. The second kappa shape index (κ2) is 8.86. The summed E-state index contributed by atoms with van der Waals surface area (Å²) in [6.07, 6.45) is 1.30. The van der Waals surface area contributed by atoms with Crippen molar-refractivity contribution in [3.05, 3.63) is 39.9 Å². The molecule has 1 aliphatic heterocycles. The molecule has 1 aromatic rings. The number of aliphatic imine (C=N–C) groups is 1. The molecule has 1 saturated heterocycles. The number of nitrogens with one attached hydrogen (secondary N) is 2. The van der Waals surface area contributed by atoms with Crippen LogP contribution < -0.4 is 10.6 Å². The first-order valence-corrected chi connectivity index (χ1v) is 8.07. The molecule has 9 heteroatoms. The van der Waals surface area contributed by atoms with Crippen molar-refractivity contribution in [2.45, 2.75) is 25.4 Å². The molecule has 0 atom stereocenters. The zero-order valence-corrected chi connectivity index (χ0v) is 14.4. The zero-order valence-electron chi connectivity index (χ0n) is 14.4. The lowest BCUT2D eigenvalue weighted by atomic mass is 10.1. The molecular weight excluding hydrogens is 326 g/mol. The minimum atomic E-state index is -0.411. The normalized spacial score (nSPS) is 15.6. The maximum absolute atomic E-state index is 11.5. The second-order valence-corrected chi connectivity index (χ2v) is 5.73. The summed E-state index contributed by atoms with van der Waals surface area (Å²) in [5, 5.41) is 17.3. The Morgan fingerprint density at radius 2 is 2.16 bits per heavy atom.